The van der Waals surface area contributed by atoms with Crippen molar-refractivity contribution in [1.29, 1.82) is 0 Å². The Morgan fingerprint density at radius 3 is 2.44 bits per heavy atom. The van der Waals surface area contributed by atoms with Crippen LogP contribution in [-0.4, -0.2) is 41.3 Å². The number of alkyl carbamates (subject to hydrolysis) is 1. The van der Waals surface area contributed by atoms with E-state index in [1.807, 2.05) is 41.5 Å². The number of allylic oxidation sites excluding steroid dienone is 1. The van der Waals surface area contributed by atoms with Gasteiger partial charge in [-0.05, 0) is 57.1 Å². The summed E-state index contributed by atoms with van der Waals surface area (Å²) in [5.74, 6) is 0.381. The summed E-state index contributed by atoms with van der Waals surface area (Å²) in [6.07, 6.45) is 5.79. The highest BCUT2D eigenvalue weighted by molar-refractivity contribution is 7.98. The fourth-order valence-corrected chi connectivity index (χ4v) is 5.73. The van der Waals surface area contributed by atoms with E-state index in [1.165, 1.54) is 5.57 Å². The molecule has 0 saturated heterocycles. The lowest BCUT2D eigenvalue weighted by Gasteiger charge is -2.58. The summed E-state index contributed by atoms with van der Waals surface area (Å²) >= 11 is 1.80. The number of carboxylic acids is 1. The molecule has 0 heterocycles. The highest BCUT2D eigenvalue weighted by Gasteiger charge is 2.63. The summed E-state index contributed by atoms with van der Waals surface area (Å²) in [6.45, 7) is 11.8. The maximum Gasteiger partial charge on any atom is 0.407 e. The predicted molar refractivity (Wildman–Crippen MR) is 110 cm³/mol. The van der Waals surface area contributed by atoms with E-state index in [4.69, 9.17) is 4.74 Å². The first-order chi connectivity index (χ1) is 12.3. The summed E-state index contributed by atoms with van der Waals surface area (Å²) in [7, 11) is 0. The highest BCUT2D eigenvalue weighted by atomic mass is 32.2. The standard InChI is InChI=1S/C21H35NO4S/c1-19(2,3)16(17(23)24)21(12-22-18(25)26-20(4,5)6)10-14-8-13(11-27-7)9-15(14)21/h9,14-16H,8,10-12H2,1-7H3,(H,22,25)(H,23,24)/t14-,15-,16?,21+/m0/s1. The molecule has 1 saturated carbocycles. The van der Waals surface area contributed by atoms with Crippen LogP contribution in [0.25, 0.3) is 0 Å². The topological polar surface area (TPSA) is 75.6 Å². The van der Waals surface area contributed by atoms with E-state index < -0.39 is 34.4 Å². The largest absolute Gasteiger partial charge is 0.481 e. The van der Waals surface area contributed by atoms with E-state index in [0.29, 0.717) is 12.5 Å². The molecule has 154 valence electrons. The van der Waals surface area contributed by atoms with Gasteiger partial charge in [-0.15, -0.1) is 0 Å². The molecule has 0 aliphatic heterocycles. The molecule has 1 fully saturated rings. The van der Waals surface area contributed by atoms with Gasteiger partial charge in [0.2, 0.25) is 0 Å². The number of hydrogen-bond acceptors (Lipinski definition) is 4. The van der Waals surface area contributed by atoms with Crippen LogP contribution >= 0.6 is 11.8 Å². The Morgan fingerprint density at radius 2 is 1.96 bits per heavy atom. The second-order valence-corrected chi connectivity index (χ2v) is 11.0. The van der Waals surface area contributed by atoms with Crippen LogP contribution in [0.1, 0.15) is 54.4 Å². The van der Waals surface area contributed by atoms with Gasteiger partial charge in [0.1, 0.15) is 5.60 Å². The summed E-state index contributed by atoms with van der Waals surface area (Å²) in [5, 5.41) is 13.0. The average molecular weight is 398 g/mol. The Labute approximate surface area is 167 Å². The molecule has 2 aliphatic rings. The number of amides is 1. The average Bonchev–Trinajstić information content (AvgIpc) is 2.78. The molecule has 0 bridgehead atoms. The van der Waals surface area contributed by atoms with Crippen LogP contribution in [0.2, 0.25) is 0 Å². The Balaban J connectivity index is 2.28. The molecule has 4 atom stereocenters. The number of hydrogen-bond donors (Lipinski definition) is 2. The van der Waals surface area contributed by atoms with Crippen LogP contribution in [0.3, 0.4) is 0 Å². The predicted octanol–water partition coefficient (Wildman–Crippen LogP) is 4.57. The zero-order chi connectivity index (χ0) is 20.6. The van der Waals surface area contributed by atoms with Crippen LogP contribution in [0.15, 0.2) is 11.6 Å². The second kappa shape index (κ2) is 7.69. The van der Waals surface area contributed by atoms with Gasteiger partial charge < -0.3 is 15.2 Å². The number of thioether (sulfide) groups is 1. The number of nitrogens with one attached hydrogen (secondary N) is 1. The lowest BCUT2D eigenvalue weighted by molar-refractivity contribution is -0.167. The summed E-state index contributed by atoms with van der Waals surface area (Å²) in [5.41, 5.74) is -0.0300. The van der Waals surface area contributed by atoms with Crippen LogP contribution in [-0.2, 0) is 9.53 Å². The molecule has 0 aromatic heterocycles. The molecular weight excluding hydrogens is 362 g/mol. The number of carbonyl (C=O) groups excluding carboxylic acids is 1. The SMILES string of the molecule is CSCC1=C[C@H]2[C@@H](C1)C[C@]2(CNC(=O)OC(C)(C)C)C(C(=O)O)C(C)(C)C. The van der Waals surface area contributed by atoms with Gasteiger partial charge >= 0.3 is 12.1 Å². The Hall–Kier alpha value is -1.17. The number of aliphatic carboxylic acids is 1. The van der Waals surface area contributed by atoms with Crippen LogP contribution in [0.5, 0.6) is 0 Å². The van der Waals surface area contributed by atoms with E-state index in [2.05, 4.69) is 17.6 Å². The van der Waals surface area contributed by atoms with Gasteiger partial charge in [0.25, 0.3) is 0 Å². The fraction of sp³-hybridized carbons (Fsp3) is 0.810. The fourth-order valence-electron chi connectivity index (χ4n) is 5.14. The van der Waals surface area contributed by atoms with Gasteiger partial charge in [-0.1, -0.05) is 32.4 Å². The van der Waals surface area contributed by atoms with E-state index >= 15 is 0 Å². The van der Waals surface area contributed by atoms with Crippen molar-refractivity contribution < 1.29 is 19.4 Å². The van der Waals surface area contributed by atoms with Crippen molar-refractivity contribution in [3.63, 3.8) is 0 Å². The Bertz CT molecular complexity index is 617. The lowest BCUT2D eigenvalue weighted by Crippen LogP contribution is -2.61. The number of rotatable bonds is 6. The first-order valence-electron chi connectivity index (χ1n) is 9.68. The van der Waals surface area contributed by atoms with Crippen molar-refractivity contribution in [3.05, 3.63) is 11.6 Å². The van der Waals surface area contributed by atoms with Gasteiger partial charge in [0.15, 0.2) is 0 Å². The van der Waals surface area contributed by atoms with E-state index in [1.54, 1.807) is 11.8 Å². The first-order valence-corrected chi connectivity index (χ1v) is 11.1. The number of carboxylic acid groups (broad SMARTS) is 1. The third-order valence-electron chi connectivity index (χ3n) is 5.73. The van der Waals surface area contributed by atoms with E-state index in [-0.39, 0.29) is 5.92 Å². The monoisotopic (exact) mass is 397 g/mol. The molecule has 2 rings (SSSR count). The van der Waals surface area contributed by atoms with Crippen molar-refractivity contribution in [2.45, 2.75) is 60.0 Å². The van der Waals surface area contributed by atoms with E-state index in [9.17, 15) is 14.7 Å². The summed E-state index contributed by atoms with van der Waals surface area (Å²) in [4.78, 5) is 24.5. The quantitative estimate of drug-likeness (QED) is 0.642. The maximum absolute atomic E-state index is 12.3. The molecule has 6 heteroatoms. The number of carbonyl (C=O) groups is 2. The number of fused-ring (bicyclic) bond motifs is 1. The molecule has 2 N–H and O–H groups in total. The molecular formula is C21H35NO4S. The minimum atomic E-state index is -0.779. The van der Waals surface area contributed by atoms with Crippen LogP contribution in [0, 0.1) is 28.6 Å². The summed E-state index contributed by atoms with van der Waals surface area (Å²) < 4.78 is 5.38. The van der Waals surface area contributed by atoms with Crippen molar-refractivity contribution in [2.24, 2.45) is 28.6 Å². The molecule has 2 aliphatic carbocycles. The molecule has 27 heavy (non-hydrogen) atoms. The smallest absolute Gasteiger partial charge is 0.407 e. The van der Waals surface area contributed by atoms with Crippen molar-refractivity contribution in [1.82, 2.24) is 5.32 Å². The van der Waals surface area contributed by atoms with Crippen molar-refractivity contribution in [2.75, 3.05) is 18.6 Å². The molecule has 1 amide bonds. The van der Waals surface area contributed by atoms with Crippen LogP contribution in [0.4, 0.5) is 4.79 Å². The third-order valence-corrected chi connectivity index (χ3v) is 6.39. The third kappa shape index (κ3) is 4.82. The highest BCUT2D eigenvalue weighted by Crippen LogP contribution is 2.64. The van der Waals surface area contributed by atoms with Crippen LogP contribution < -0.4 is 5.32 Å². The van der Waals surface area contributed by atoms with Crippen molar-refractivity contribution >= 4 is 23.8 Å². The molecule has 0 aromatic rings. The van der Waals surface area contributed by atoms with Gasteiger partial charge in [-0.3, -0.25) is 4.79 Å². The van der Waals surface area contributed by atoms with Gasteiger partial charge in [0, 0.05) is 17.7 Å². The van der Waals surface area contributed by atoms with E-state index in [0.717, 1.165) is 18.6 Å². The lowest BCUT2D eigenvalue weighted by atomic mass is 9.46. The van der Waals surface area contributed by atoms with Gasteiger partial charge in [0.05, 0.1) is 5.92 Å². The molecule has 0 radical (unpaired) electrons. The zero-order valence-corrected chi connectivity index (χ0v) is 18.5. The molecule has 1 unspecified atom stereocenters. The maximum atomic E-state index is 12.3. The van der Waals surface area contributed by atoms with Crippen molar-refractivity contribution in [3.8, 4) is 0 Å². The first kappa shape index (κ1) is 22.1. The number of ether oxygens (including phenoxy) is 1. The van der Waals surface area contributed by atoms with Gasteiger partial charge in [-0.2, -0.15) is 11.8 Å². The Morgan fingerprint density at radius 1 is 1.33 bits per heavy atom. The summed E-state index contributed by atoms with van der Waals surface area (Å²) in [6, 6.07) is 0. The minimum absolute atomic E-state index is 0.204. The molecule has 5 nitrogen and oxygen atoms in total. The normalized spacial score (nSPS) is 28.6. The molecule has 0 spiro atoms. The minimum Gasteiger partial charge on any atom is -0.481 e. The molecule has 0 aromatic carbocycles. The second-order valence-electron chi connectivity index (χ2n) is 10.2. The zero-order valence-electron chi connectivity index (χ0n) is 17.7. The van der Waals surface area contributed by atoms with Gasteiger partial charge in [-0.25, -0.2) is 4.79 Å². The Kier molecular flexibility index (Phi) is 6.30.